The molecule has 0 spiro atoms. The molecule has 0 aromatic heterocycles. The van der Waals surface area contributed by atoms with Crippen molar-refractivity contribution >= 4 is 21.9 Å². The van der Waals surface area contributed by atoms with E-state index in [-0.39, 0.29) is 10.0 Å². The van der Waals surface area contributed by atoms with E-state index in [2.05, 4.69) is 15.9 Å². The summed E-state index contributed by atoms with van der Waals surface area (Å²) >= 11 is 2.81. The molecule has 0 aliphatic rings. The number of halogens is 3. The third-order valence-electron chi connectivity index (χ3n) is 1.61. The van der Waals surface area contributed by atoms with E-state index < -0.39 is 23.2 Å². The second-order valence-electron chi connectivity index (χ2n) is 2.46. The highest BCUT2D eigenvalue weighted by molar-refractivity contribution is 9.10. The van der Waals surface area contributed by atoms with Gasteiger partial charge in [0.15, 0.2) is 0 Å². The molecule has 0 saturated heterocycles. The summed E-state index contributed by atoms with van der Waals surface area (Å²) in [6.07, 6.45) is 0. The summed E-state index contributed by atoms with van der Waals surface area (Å²) in [5.41, 5.74) is -0.699. The molecule has 0 aliphatic carbocycles. The topological polar surface area (TPSA) is 37.3 Å². The van der Waals surface area contributed by atoms with Crippen LogP contribution in [-0.4, -0.2) is 11.1 Å². The highest BCUT2D eigenvalue weighted by atomic mass is 79.9. The number of hydrogen-bond donors (Lipinski definition) is 1. The lowest BCUT2D eigenvalue weighted by atomic mass is 10.1. The molecule has 1 rings (SSSR count). The average Bonchev–Trinajstić information content (AvgIpc) is 2.07. The Hall–Kier alpha value is -0.970. The van der Waals surface area contributed by atoms with Gasteiger partial charge in [-0.25, -0.2) is 13.6 Å². The number of carboxylic acid groups (broad SMARTS) is 1. The monoisotopic (exact) mass is 250 g/mol. The molecule has 5 heteroatoms. The first-order chi connectivity index (χ1) is 5.95. The maximum Gasteiger partial charge on any atom is 0.338 e. The van der Waals surface area contributed by atoms with Crippen LogP contribution < -0.4 is 0 Å². The lowest BCUT2D eigenvalue weighted by molar-refractivity contribution is 0.0691. The van der Waals surface area contributed by atoms with Crippen molar-refractivity contribution in [2.45, 2.75) is 6.92 Å². The van der Waals surface area contributed by atoms with E-state index in [1.54, 1.807) is 0 Å². The zero-order chi connectivity index (χ0) is 10.2. The fourth-order valence-corrected chi connectivity index (χ4v) is 1.18. The molecule has 70 valence electrons. The Kier molecular flexibility index (Phi) is 2.66. The lowest BCUT2D eigenvalue weighted by Crippen LogP contribution is -2.04. The molecule has 1 aromatic carbocycles. The lowest BCUT2D eigenvalue weighted by Gasteiger charge is -2.04. The molecule has 0 bridgehead atoms. The van der Waals surface area contributed by atoms with Crippen molar-refractivity contribution in [3.63, 3.8) is 0 Å². The van der Waals surface area contributed by atoms with Crippen LogP contribution in [0.5, 0.6) is 0 Å². The first-order valence-corrected chi connectivity index (χ1v) is 4.12. The first kappa shape index (κ1) is 10.1. The maximum absolute atomic E-state index is 13.1. The van der Waals surface area contributed by atoms with Gasteiger partial charge in [0.1, 0.15) is 11.6 Å². The summed E-state index contributed by atoms with van der Waals surface area (Å²) in [6, 6.07) is 0.648. The third-order valence-corrected chi connectivity index (χ3v) is 2.58. The Morgan fingerprint density at radius 1 is 1.54 bits per heavy atom. The minimum Gasteiger partial charge on any atom is -0.478 e. The second kappa shape index (κ2) is 3.41. The van der Waals surface area contributed by atoms with Gasteiger partial charge in [-0.2, -0.15) is 0 Å². The van der Waals surface area contributed by atoms with Gasteiger partial charge < -0.3 is 5.11 Å². The van der Waals surface area contributed by atoms with E-state index in [0.717, 1.165) is 0 Å². The van der Waals surface area contributed by atoms with Gasteiger partial charge in [-0.1, -0.05) is 0 Å². The summed E-state index contributed by atoms with van der Waals surface area (Å²) < 4.78 is 26.0. The molecule has 0 atom stereocenters. The molecule has 2 nitrogen and oxygen atoms in total. The molecule has 0 heterocycles. The SMILES string of the molecule is Cc1c(F)c(C(=O)O)cc(F)c1Br. The van der Waals surface area contributed by atoms with E-state index in [1.165, 1.54) is 6.92 Å². The fraction of sp³-hybridized carbons (Fsp3) is 0.125. The van der Waals surface area contributed by atoms with Crippen LogP contribution in [0.25, 0.3) is 0 Å². The number of benzene rings is 1. The smallest absolute Gasteiger partial charge is 0.338 e. The van der Waals surface area contributed by atoms with Crippen molar-refractivity contribution in [2.75, 3.05) is 0 Å². The van der Waals surface area contributed by atoms with Gasteiger partial charge in [0.25, 0.3) is 0 Å². The van der Waals surface area contributed by atoms with Gasteiger partial charge in [-0.15, -0.1) is 0 Å². The zero-order valence-electron chi connectivity index (χ0n) is 6.57. The molecule has 13 heavy (non-hydrogen) atoms. The van der Waals surface area contributed by atoms with Crippen LogP contribution in [0.1, 0.15) is 15.9 Å². The summed E-state index contributed by atoms with van der Waals surface area (Å²) in [5.74, 6) is -3.18. The van der Waals surface area contributed by atoms with Gasteiger partial charge in [0.05, 0.1) is 10.0 Å². The van der Waals surface area contributed by atoms with Crippen molar-refractivity contribution in [2.24, 2.45) is 0 Å². The largest absolute Gasteiger partial charge is 0.478 e. The Bertz CT molecular complexity index is 377. The van der Waals surface area contributed by atoms with Gasteiger partial charge in [0, 0.05) is 5.56 Å². The molecule has 0 fully saturated rings. The summed E-state index contributed by atoms with van der Waals surface area (Å²) in [7, 11) is 0. The van der Waals surface area contributed by atoms with E-state index >= 15 is 0 Å². The summed E-state index contributed by atoms with van der Waals surface area (Å²) in [6.45, 7) is 1.30. The van der Waals surface area contributed by atoms with Gasteiger partial charge in [-0.05, 0) is 28.9 Å². The van der Waals surface area contributed by atoms with Gasteiger partial charge in [-0.3, -0.25) is 0 Å². The van der Waals surface area contributed by atoms with Crippen LogP contribution in [0.3, 0.4) is 0 Å². The number of carbonyl (C=O) groups is 1. The van der Waals surface area contributed by atoms with Crippen molar-refractivity contribution in [1.82, 2.24) is 0 Å². The van der Waals surface area contributed by atoms with Crippen LogP contribution in [0.2, 0.25) is 0 Å². The number of carboxylic acids is 1. The van der Waals surface area contributed by atoms with Crippen molar-refractivity contribution < 1.29 is 18.7 Å². The molecule has 0 amide bonds. The molecule has 0 unspecified atom stereocenters. The van der Waals surface area contributed by atoms with Crippen LogP contribution in [0.15, 0.2) is 10.5 Å². The normalized spacial score (nSPS) is 10.2. The van der Waals surface area contributed by atoms with Gasteiger partial charge >= 0.3 is 5.97 Å². The van der Waals surface area contributed by atoms with Crippen molar-refractivity contribution in [3.05, 3.63) is 33.3 Å². The number of hydrogen-bond acceptors (Lipinski definition) is 1. The maximum atomic E-state index is 13.1. The highest BCUT2D eigenvalue weighted by Gasteiger charge is 2.17. The second-order valence-corrected chi connectivity index (χ2v) is 3.26. The Morgan fingerprint density at radius 3 is 2.54 bits per heavy atom. The Balaban J connectivity index is 3.50. The van der Waals surface area contributed by atoms with E-state index in [9.17, 15) is 13.6 Å². The standard InChI is InChI=1S/C8H5BrF2O2/c1-3-6(9)5(10)2-4(7(3)11)8(12)13/h2H,1H3,(H,12,13). The molecule has 1 N–H and O–H groups in total. The van der Waals surface area contributed by atoms with Crippen LogP contribution in [0, 0.1) is 18.6 Å². The molecular formula is C8H5BrF2O2. The average molecular weight is 251 g/mol. The van der Waals surface area contributed by atoms with Gasteiger partial charge in [0.2, 0.25) is 0 Å². The fourth-order valence-electron chi connectivity index (χ4n) is 0.887. The number of rotatable bonds is 1. The number of aromatic carboxylic acids is 1. The molecule has 0 saturated carbocycles. The predicted octanol–water partition coefficient (Wildman–Crippen LogP) is 2.73. The molecular weight excluding hydrogens is 246 g/mol. The van der Waals surface area contributed by atoms with Crippen LogP contribution in [-0.2, 0) is 0 Å². The van der Waals surface area contributed by atoms with Crippen molar-refractivity contribution in [1.29, 1.82) is 0 Å². The Labute approximate surface area is 81.3 Å². The quantitative estimate of drug-likeness (QED) is 0.779. The predicted molar refractivity (Wildman–Crippen MR) is 45.8 cm³/mol. The van der Waals surface area contributed by atoms with Crippen LogP contribution in [0.4, 0.5) is 8.78 Å². The molecule has 1 aromatic rings. The summed E-state index contributed by atoms with van der Waals surface area (Å²) in [5, 5.41) is 8.48. The van der Waals surface area contributed by atoms with Crippen LogP contribution >= 0.6 is 15.9 Å². The zero-order valence-corrected chi connectivity index (χ0v) is 8.15. The third kappa shape index (κ3) is 1.70. The molecule has 0 radical (unpaired) electrons. The van der Waals surface area contributed by atoms with Crippen molar-refractivity contribution in [3.8, 4) is 0 Å². The van der Waals surface area contributed by atoms with E-state index in [1.807, 2.05) is 0 Å². The first-order valence-electron chi connectivity index (χ1n) is 3.32. The summed E-state index contributed by atoms with van der Waals surface area (Å²) in [4.78, 5) is 10.4. The van der Waals surface area contributed by atoms with E-state index in [0.29, 0.717) is 6.07 Å². The van der Waals surface area contributed by atoms with E-state index in [4.69, 9.17) is 5.11 Å². The molecule has 0 aliphatic heterocycles. The minimum atomic E-state index is -1.48. The Morgan fingerprint density at radius 2 is 2.08 bits per heavy atom. The highest BCUT2D eigenvalue weighted by Crippen LogP contribution is 2.25. The minimum absolute atomic E-state index is 0.0441.